The van der Waals surface area contributed by atoms with E-state index in [9.17, 15) is 0 Å². The van der Waals surface area contributed by atoms with Gasteiger partial charge in [0.2, 0.25) is 0 Å². The lowest BCUT2D eigenvalue weighted by Gasteiger charge is -2.22. The molecule has 1 heterocycles. The van der Waals surface area contributed by atoms with Gasteiger partial charge in [0.1, 0.15) is 0 Å². The number of anilines is 1. The summed E-state index contributed by atoms with van der Waals surface area (Å²) in [6.45, 7) is 4.70. The van der Waals surface area contributed by atoms with Gasteiger partial charge >= 0.3 is 0 Å². The fraction of sp³-hybridized carbons (Fsp3) is 0.471. The average molecular weight is 254 g/mol. The Morgan fingerprint density at radius 1 is 1.21 bits per heavy atom. The van der Waals surface area contributed by atoms with Gasteiger partial charge in [0.05, 0.1) is 5.52 Å². The number of rotatable bonds is 3. The Hall–Kier alpha value is -1.57. The molecule has 0 bridgehead atoms. The quantitative estimate of drug-likeness (QED) is 0.874. The van der Waals surface area contributed by atoms with Crippen molar-refractivity contribution in [3.63, 3.8) is 0 Å². The smallest absolute Gasteiger partial charge is 0.0722 e. The monoisotopic (exact) mass is 254 g/mol. The molecular weight excluding hydrogens is 232 g/mol. The third kappa shape index (κ3) is 2.32. The summed E-state index contributed by atoms with van der Waals surface area (Å²) in [5, 5.41) is 4.99. The third-order valence-corrected chi connectivity index (χ3v) is 4.74. The Balaban J connectivity index is 1.86. The summed E-state index contributed by atoms with van der Waals surface area (Å²) >= 11 is 0. The maximum atomic E-state index is 4.43. The Kier molecular flexibility index (Phi) is 3.41. The van der Waals surface area contributed by atoms with Crippen LogP contribution >= 0.6 is 0 Å². The number of nitrogens with zero attached hydrogens (tertiary/aromatic N) is 1. The van der Waals surface area contributed by atoms with Crippen LogP contribution in [-0.4, -0.2) is 11.0 Å². The standard InChI is InChI=1S/C17H22N2/c1-3-13-8-9-15(12(13)2)19-17-10-11-18-16-7-5-4-6-14(16)17/h4-7,10-13,15H,3,8-9H2,1-2H3,(H,18,19). The average Bonchev–Trinajstić information content (AvgIpc) is 2.80. The van der Waals surface area contributed by atoms with Crippen LogP contribution in [0.2, 0.25) is 0 Å². The Morgan fingerprint density at radius 2 is 2.05 bits per heavy atom. The minimum atomic E-state index is 0.607. The molecule has 1 aliphatic rings. The number of aromatic nitrogens is 1. The van der Waals surface area contributed by atoms with Crippen LogP contribution in [0.4, 0.5) is 5.69 Å². The van der Waals surface area contributed by atoms with Gasteiger partial charge in [-0.2, -0.15) is 0 Å². The second-order valence-corrected chi connectivity index (χ2v) is 5.73. The molecule has 3 unspecified atom stereocenters. The molecule has 3 rings (SSSR count). The van der Waals surface area contributed by atoms with Gasteiger partial charge in [0, 0.05) is 23.3 Å². The van der Waals surface area contributed by atoms with E-state index in [0.717, 1.165) is 17.4 Å². The molecular formula is C17H22N2. The van der Waals surface area contributed by atoms with Crippen LogP contribution in [0.15, 0.2) is 36.5 Å². The molecule has 1 aromatic carbocycles. The first-order valence-corrected chi connectivity index (χ1v) is 7.40. The van der Waals surface area contributed by atoms with E-state index >= 15 is 0 Å². The molecule has 3 atom stereocenters. The third-order valence-electron chi connectivity index (χ3n) is 4.74. The summed E-state index contributed by atoms with van der Waals surface area (Å²) in [5.74, 6) is 1.64. The largest absolute Gasteiger partial charge is 0.381 e. The molecule has 2 nitrogen and oxygen atoms in total. The van der Waals surface area contributed by atoms with Gasteiger partial charge in [-0.3, -0.25) is 4.98 Å². The lowest BCUT2D eigenvalue weighted by molar-refractivity contribution is 0.392. The summed E-state index contributed by atoms with van der Waals surface area (Å²) in [7, 11) is 0. The highest BCUT2D eigenvalue weighted by Crippen LogP contribution is 2.36. The van der Waals surface area contributed by atoms with Gasteiger partial charge in [-0.05, 0) is 36.8 Å². The molecule has 1 fully saturated rings. The van der Waals surface area contributed by atoms with Crippen molar-refractivity contribution in [3.8, 4) is 0 Å². The lowest BCUT2D eigenvalue weighted by atomic mass is 9.93. The van der Waals surface area contributed by atoms with Gasteiger partial charge in [-0.1, -0.05) is 38.5 Å². The number of hydrogen-bond donors (Lipinski definition) is 1. The highest BCUT2D eigenvalue weighted by molar-refractivity contribution is 5.90. The Morgan fingerprint density at radius 3 is 2.84 bits per heavy atom. The molecule has 0 amide bonds. The summed E-state index contributed by atoms with van der Waals surface area (Å²) < 4.78 is 0. The predicted molar refractivity (Wildman–Crippen MR) is 81.3 cm³/mol. The van der Waals surface area contributed by atoms with E-state index in [1.54, 1.807) is 0 Å². The van der Waals surface area contributed by atoms with Crippen LogP contribution in [0.25, 0.3) is 10.9 Å². The van der Waals surface area contributed by atoms with Crippen molar-refractivity contribution in [2.45, 2.75) is 39.2 Å². The van der Waals surface area contributed by atoms with Crippen molar-refractivity contribution in [2.75, 3.05) is 5.32 Å². The van der Waals surface area contributed by atoms with E-state index in [4.69, 9.17) is 0 Å². The van der Waals surface area contributed by atoms with E-state index < -0.39 is 0 Å². The summed E-state index contributed by atoms with van der Waals surface area (Å²) in [6, 6.07) is 11.1. The first-order chi connectivity index (χ1) is 9.29. The van der Waals surface area contributed by atoms with Crippen LogP contribution in [0.5, 0.6) is 0 Å². The van der Waals surface area contributed by atoms with E-state index in [1.165, 1.54) is 30.3 Å². The second-order valence-electron chi connectivity index (χ2n) is 5.73. The molecule has 1 saturated carbocycles. The normalized spacial score (nSPS) is 26.7. The first kappa shape index (κ1) is 12.5. The van der Waals surface area contributed by atoms with E-state index in [0.29, 0.717) is 6.04 Å². The molecule has 100 valence electrons. The Labute approximate surface area is 115 Å². The van der Waals surface area contributed by atoms with Crippen molar-refractivity contribution in [2.24, 2.45) is 11.8 Å². The molecule has 1 N–H and O–H groups in total. The molecule has 0 spiro atoms. The molecule has 0 radical (unpaired) electrons. The summed E-state index contributed by atoms with van der Waals surface area (Å²) in [4.78, 5) is 4.43. The fourth-order valence-electron chi connectivity index (χ4n) is 3.45. The van der Waals surface area contributed by atoms with Gasteiger partial charge in [-0.25, -0.2) is 0 Å². The minimum absolute atomic E-state index is 0.607. The van der Waals surface area contributed by atoms with Crippen molar-refractivity contribution in [3.05, 3.63) is 36.5 Å². The van der Waals surface area contributed by atoms with Crippen molar-refractivity contribution in [1.29, 1.82) is 0 Å². The zero-order chi connectivity index (χ0) is 13.2. The summed E-state index contributed by atoms with van der Waals surface area (Å²) in [6.07, 6.45) is 5.85. The number of benzene rings is 1. The zero-order valence-corrected chi connectivity index (χ0v) is 11.8. The SMILES string of the molecule is CCC1CCC(Nc2ccnc3ccccc23)C1C. The number of nitrogens with one attached hydrogen (secondary N) is 1. The van der Waals surface area contributed by atoms with Crippen LogP contribution in [-0.2, 0) is 0 Å². The maximum Gasteiger partial charge on any atom is 0.0722 e. The molecule has 2 aromatic rings. The molecule has 19 heavy (non-hydrogen) atoms. The van der Waals surface area contributed by atoms with E-state index in [1.807, 2.05) is 12.3 Å². The minimum Gasteiger partial charge on any atom is -0.381 e. The number of pyridine rings is 1. The Bertz CT molecular complexity index is 559. The van der Waals surface area contributed by atoms with Gasteiger partial charge in [-0.15, -0.1) is 0 Å². The maximum absolute atomic E-state index is 4.43. The number of para-hydroxylation sites is 1. The predicted octanol–water partition coefficient (Wildman–Crippen LogP) is 4.47. The van der Waals surface area contributed by atoms with E-state index in [-0.39, 0.29) is 0 Å². The molecule has 1 aliphatic carbocycles. The van der Waals surface area contributed by atoms with Crippen LogP contribution < -0.4 is 5.32 Å². The van der Waals surface area contributed by atoms with Crippen LogP contribution in [0.1, 0.15) is 33.1 Å². The summed E-state index contributed by atoms with van der Waals surface area (Å²) in [5.41, 5.74) is 2.31. The van der Waals surface area contributed by atoms with Crippen molar-refractivity contribution >= 4 is 16.6 Å². The highest BCUT2D eigenvalue weighted by Gasteiger charge is 2.31. The van der Waals surface area contributed by atoms with Crippen molar-refractivity contribution in [1.82, 2.24) is 4.98 Å². The molecule has 2 heteroatoms. The van der Waals surface area contributed by atoms with Crippen molar-refractivity contribution < 1.29 is 0 Å². The number of hydrogen-bond acceptors (Lipinski definition) is 2. The van der Waals surface area contributed by atoms with E-state index in [2.05, 4.69) is 48.4 Å². The zero-order valence-electron chi connectivity index (χ0n) is 11.8. The van der Waals surface area contributed by atoms with Gasteiger partial charge < -0.3 is 5.32 Å². The van der Waals surface area contributed by atoms with Gasteiger partial charge in [0.25, 0.3) is 0 Å². The number of fused-ring (bicyclic) bond motifs is 1. The first-order valence-electron chi connectivity index (χ1n) is 7.40. The second kappa shape index (κ2) is 5.20. The lowest BCUT2D eigenvalue weighted by Crippen LogP contribution is -2.24. The van der Waals surface area contributed by atoms with Crippen LogP contribution in [0, 0.1) is 11.8 Å². The van der Waals surface area contributed by atoms with Gasteiger partial charge in [0.15, 0.2) is 0 Å². The molecule has 1 aromatic heterocycles. The molecule has 0 saturated heterocycles. The fourth-order valence-corrected chi connectivity index (χ4v) is 3.45. The molecule has 0 aliphatic heterocycles. The highest BCUT2D eigenvalue weighted by atomic mass is 14.9. The van der Waals surface area contributed by atoms with Crippen LogP contribution in [0.3, 0.4) is 0 Å². The topological polar surface area (TPSA) is 24.9 Å².